The van der Waals surface area contributed by atoms with Crippen molar-refractivity contribution in [1.82, 2.24) is 10.3 Å². The van der Waals surface area contributed by atoms with Gasteiger partial charge in [-0.25, -0.2) is 4.98 Å². The number of esters is 4. The summed E-state index contributed by atoms with van der Waals surface area (Å²) in [5.41, 5.74) is 0. The van der Waals surface area contributed by atoms with E-state index in [-0.39, 0.29) is 11.7 Å². The van der Waals surface area contributed by atoms with Crippen molar-refractivity contribution in [3.8, 4) is 0 Å². The van der Waals surface area contributed by atoms with E-state index < -0.39 is 54.5 Å². The van der Waals surface area contributed by atoms with Crippen LogP contribution in [-0.2, 0) is 42.9 Å². The molecule has 0 spiro atoms. The molecule has 1 aromatic heterocycles. The highest BCUT2D eigenvalue weighted by Gasteiger charge is 2.52. The van der Waals surface area contributed by atoms with E-state index in [0.29, 0.717) is 5.82 Å². The fourth-order valence-electron chi connectivity index (χ4n) is 3.08. The second kappa shape index (κ2) is 12.6. The zero-order chi connectivity index (χ0) is 25.4. The lowest BCUT2D eigenvalue weighted by Crippen LogP contribution is -2.66. The Bertz CT molecular complexity index is 930. The van der Waals surface area contributed by atoms with Crippen molar-refractivity contribution < 1.29 is 42.9 Å². The monoisotopic (exact) mass is 561 g/mol. The molecule has 1 aliphatic rings. The fraction of sp³-hybridized carbons (Fsp3) is 0.500. The number of rotatable bonds is 7. The lowest BCUT2D eigenvalue weighted by Gasteiger charge is -2.44. The molecule has 1 aromatic rings. The number of hydrogen-bond donors (Lipinski definition) is 2. The largest absolute Gasteiger partial charge is 0.463 e. The normalized spacial score (nSPS) is 23.7. The minimum absolute atomic E-state index is 0.0377. The molecular weight excluding hydrogens is 538 g/mol. The summed E-state index contributed by atoms with van der Waals surface area (Å²) in [6, 6.07) is 3.40. The van der Waals surface area contributed by atoms with Gasteiger partial charge in [-0.1, -0.05) is 0 Å². The Labute approximate surface area is 209 Å². The van der Waals surface area contributed by atoms with Gasteiger partial charge in [0.15, 0.2) is 29.7 Å². The van der Waals surface area contributed by atoms with Crippen LogP contribution in [0.25, 0.3) is 0 Å². The Balaban J connectivity index is 2.35. The number of pyridine rings is 1. The summed E-state index contributed by atoms with van der Waals surface area (Å²) in [5.74, 6) is -2.37. The van der Waals surface area contributed by atoms with Gasteiger partial charge < -0.3 is 34.3 Å². The van der Waals surface area contributed by atoms with Crippen LogP contribution in [0.2, 0.25) is 0 Å². The highest BCUT2D eigenvalue weighted by Crippen LogP contribution is 2.28. The number of nitrogens with one attached hydrogen (secondary N) is 2. The first-order chi connectivity index (χ1) is 16.0. The number of ether oxygens (including phenoxy) is 5. The van der Waals surface area contributed by atoms with Crippen molar-refractivity contribution in [1.29, 1.82) is 0 Å². The lowest BCUT2D eigenvalue weighted by atomic mass is 9.97. The van der Waals surface area contributed by atoms with Crippen LogP contribution in [0.4, 0.5) is 5.82 Å². The average Bonchev–Trinajstić information content (AvgIpc) is 2.71. The summed E-state index contributed by atoms with van der Waals surface area (Å²) in [4.78, 5) is 51.0. The van der Waals surface area contributed by atoms with Gasteiger partial charge >= 0.3 is 23.9 Å². The van der Waals surface area contributed by atoms with Crippen molar-refractivity contribution >= 4 is 63.0 Å². The molecular formula is C20H24BrN3O9S. The maximum atomic E-state index is 11.8. The average molecular weight is 562 g/mol. The number of halogens is 1. The maximum Gasteiger partial charge on any atom is 0.303 e. The second-order valence-corrected chi connectivity index (χ2v) is 8.40. The molecule has 0 aromatic carbocycles. The first-order valence-electron chi connectivity index (χ1n) is 9.95. The van der Waals surface area contributed by atoms with E-state index in [2.05, 4.69) is 31.5 Å². The molecule has 2 N–H and O–H groups in total. The molecule has 0 radical (unpaired) electrons. The van der Waals surface area contributed by atoms with E-state index in [9.17, 15) is 19.2 Å². The second-order valence-electron chi connectivity index (χ2n) is 7.08. The van der Waals surface area contributed by atoms with E-state index in [4.69, 9.17) is 35.9 Å². The Morgan fingerprint density at radius 1 is 0.971 bits per heavy atom. The fourth-order valence-corrected chi connectivity index (χ4v) is 3.53. The topological polar surface area (TPSA) is 151 Å². The summed E-state index contributed by atoms with van der Waals surface area (Å²) in [5, 5.41) is 5.71. The predicted octanol–water partition coefficient (Wildman–Crippen LogP) is 1.21. The molecule has 5 atom stereocenters. The molecule has 0 saturated carbocycles. The third-order valence-electron chi connectivity index (χ3n) is 4.23. The number of thiocarbonyl (C=S) groups is 1. The molecule has 34 heavy (non-hydrogen) atoms. The van der Waals surface area contributed by atoms with E-state index in [1.165, 1.54) is 6.92 Å². The quantitative estimate of drug-likeness (QED) is 0.279. The van der Waals surface area contributed by atoms with E-state index in [0.717, 1.165) is 25.2 Å². The minimum Gasteiger partial charge on any atom is -0.463 e. The summed E-state index contributed by atoms with van der Waals surface area (Å²) in [6.07, 6.45) is -4.55. The van der Waals surface area contributed by atoms with Crippen molar-refractivity contribution in [3.05, 3.63) is 22.8 Å². The van der Waals surface area contributed by atoms with Gasteiger partial charge in [-0.05, 0) is 40.3 Å². The van der Waals surface area contributed by atoms with Gasteiger partial charge in [0.2, 0.25) is 0 Å². The van der Waals surface area contributed by atoms with Crippen LogP contribution >= 0.6 is 28.1 Å². The highest BCUT2D eigenvalue weighted by molar-refractivity contribution is 9.10. The number of hydrogen-bond acceptors (Lipinski definition) is 11. The van der Waals surface area contributed by atoms with Crippen LogP contribution in [0, 0.1) is 0 Å². The Morgan fingerprint density at radius 3 is 2.09 bits per heavy atom. The van der Waals surface area contributed by atoms with Crippen molar-refractivity contribution in [2.24, 2.45) is 0 Å². The zero-order valence-corrected chi connectivity index (χ0v) is 21.1. The number of nitrogens with zero attached hydrogens (tertiary/aromatic N) is 1. The molecule has 186 valence electrons. The summed E-state index contributed by atoms with van der Waals surface area (Å²) >= 11 is 8.60. The van der Waals surface area contributed by atoms with Crippen LogP contribution in [0.1, 0.15) is 27.7 Å². The van der Waals surface area contributed by atoms with E-state index in [1.807, 2.05) is 0 Å². The molecule has 2 rings (SSSR count). The predicted molar refractivity (Wildman–Crippen MR) is 123 cm³/mol. The maximum absolute atomic E-state index is 11.8. The van der Waals surface area contributed by atoms with Crippen LogP contribution < -0.4 is 10.6 Å². The standard InChI is InChI=1S/C20H24BrN3O9S/c1-9(25)29-8-14-16(30-10(2)26)17(31-11(3)27)18(32-12(4)28)19(33-14)24-20(34)23-15-6-5-13(21)7-22-15/h5-7,14,16-19H,8H2,1-4H3,(H2,22,23,24,34)/t14?,16-,17?,18?,19-/m1/s1. The number of carbonyl (C=O) groups excluding carboxylic acids is 4. The molecule has 0 aliphatic carbocycles. The SMILES string of the molecule is CC(=O)OCC1O[C@@H](NC(=S)Nc2ccc(Br)cn2)C(OC(C)=O)C(OC(C)=O)[C@@H]1OC(C)=O. The molecule has 0 amide bonds. The minimum atomic E-state index is -1.30. The molecule has 14 heteroatoms. The molecule has 0 bridgehead atoms. The third-order valence-corrected chi connectivity index (χ3v) is 4.92. The Hall–Kier alpha value is -2.84. The number of carbonyl (C=O) groups is 4. The number of aromatic nitrogens is 1. The lowest BCUT2D eigenvalue weighted by molar-refractivity contribution is -0.254. The van der Waals surface area contributed by atoms with Gasteiger partial charge in [0.05, 0.1) is 0 Å². The van der Waals surface area contributed by atoms with Gasteiger partial charge in [0.1, 0.15) is 18.5 Å². The van der Waals surface area contributed by atoms with E-state index in [1.54, 1.807) is 18.3 Å². The van der Waals surface area contributed by atoms with Gasteiger partial charge in [-0.2, -0.15) is 0 Å². The summed E-state index contributed by atoms with van der Waals surface area (Å²) in [6.45, 7) is 4.28. The summed E-state index contributed by atoms with van der Waals surface area (Å²) in [7, 11) is 0. The molecule has 1 saturated heterocycles. The first kappa shape index (κ1) is 27.4. The zero-order valence-electron chi connectivity index (χ0n) is 18.7. The van der Waals surface area contributed by atoms with Gasteiger partial charge in [-0.3, -0.25) is 19.2 Å². The summed E-state index contributed by atoms with van der Waals surface area (Å²) < 4.78 is 27.7. The van der Waals surface area contributed by atoms with Crippen molar-refractivity contribution in [2.45, 2.75) is 58.3 Å². The Kier molecular flexibility index (Phi) is 10.1. The molecule has 1 aliphatic heterocycles. The van der Waals surface area contributed by atoms with Crippen LogP contribution in [0.15, 0.2) is 22.8 Å². The van der Waals surface area contributed by atoms with Gasteiger partial charge in [0.25, 0.3) is 0 Å². The van der Waals surface area contributed by atoms with Crippen LogP contribution in [-0.4, -0.2) is 71.2 Å². The molecule has 2 heterocycles. The number of anilines is 1. The van der Waals surface area contributed by atoms with Crippen molar-refractivity contribution in [3.63, 3.8) is 0 Å². The van der Waals surface area contributed by atoms with Crippen LogP contribution in [0.3, 0.4) is 0 Å². The first-order valence-corrected chi connectivity index (χ1v) is 11.2. The smallest absolute Gasteiger partial charge is 0.303 e. The van der Waals surface area contributed by atoms with E-state index >= 15 is 0 Å². The Morgan fingerprint density at radius 2 is 1.56 bits per heavy atom. The molecule has 1 fully saturated rings. The van der Waals surface area contributed by atoms with Gasteiger partial charge in [0, 0.05) is 38.4 Å². The highest BCUT2D eigenvalue weighted by atomic mass is 79.9. The third kappa shape index (κ3) is 8.50. The van der Waals surface area contributed by atoms with Crippen LogP contribution in [0.5, 0.6) is 0 Å². The molecule has 3 unspecified atom stereocenters. The van der Waals surface area contributed by atoms with Gasteiger partial charge in [-0.15, -0.1) is 0 Å². The molecule has 12 nitrogen and oxygen atoms in total. The van der Waals surface area contributed by atoms with Crippen molar-refractivity contribution in [2.75, 3.05) is 11.9 Å².